The van der Waals surface area contributed by atoms with Crippen LogP contribution in [0.4, 0.5) is 0 Å². The lowest BCUT2D eigenvalue weighted by atomic mass is 10.1. The van der Waals surface area contributed by atoms with Crippen molar-refractivity contribution < 1.29 is 48.6 Å². The van der Waals surface area contributed by atoms with E-state index in [1.165, 1.54) is 11.8 Å². The topological polar surface area (TPSA) is 234 Å². The van der Waals surface area contributed by atoms with E-state index in [0.29, 0.717) is 19.4 Å². The number of phosphoric ester groups is 1. The van der Waals surface area contributed by atoms with Gasteiger partial charge in [0.05, 0.1) is 12.7 Å². The number of likely N-dealkylation sites (tertiary alicyclic amines) is 1. The third kappa shape index (κ3) is 8.67. The number of aliphatic hydroxyl groups excluding tert-OH is 1. The number of rotatable bonds is 7. The summed E-state index contributed by atoms with van der Waals surface area (Å²) in [5.74, 6) is -2.88. The van der Waals surface area contributed by atoms with E-state index in [-0.39, 0.29) is 0 Å². The lowest BCUT2D eigenvalue weighted by molar-refractivity contribution is -0.149. The highest BCUT2D eigenvalue weighted by Crippen LogP contribution is 2.35. The van der Waals surface area contributed by atoms with E-state index in [1.807, 2.05) is 0 Å². The molecule has 13 nitrogen and oxygen atoms in total. The van der Waals surface area contributed by atoms with Crippen LogP contribution in [0.25, 0.3) is 0 Å². The Morgan fingerprint density at radius 1 is 1.27 bits per heavy atom. The monoisotopic (exact) mass is 401 g/mol. The molecule has 4 atom stereocenters. The minimum absolute atomic E-state index is 0.399. The molecular weight excluding hydrogens is 377 g/mol. The molecule has 152 valence electrons. The molecule has 0 unspecified atom stereocenters. The van der Waals surface area contributed by atoms with Gasteiger partial charge in [0, 0.05) is 6.54 Å². The number of hydrogen-bond acceptors (Lipinski definition) is 8. The van der Waals surface area contributed by atoms with Crippen LogP contribution in [0.3, 0.4) is 0 Å². The smallest absolute Gasteiger partial charge is 0.469 e. The number of hydrogen-bond donors (Lipinski definition) is 7. The van der Waals surface area contributed by atoms with Crippen molar-refractivity contribution in [1.29, 1.82) is 0 Å². The van der Waals surface area contributed by atoms with Gasteiger partial charge in [-0.1, -0.05) is 0 Å². The van der Waals surface area contributed by atoms with Crippen molar-refractivity contribution in [3.05, 3.63) is 0 Å². The summed E-state index contributed by atoms with van der Waals surface area (Å²) in [7, 11) is -4.60. The first kappa shape index (κ1) is 24.4. The van der Waals surface area contributed by atoms with Crippen LogP contribution < -0.4 is 11.5 Å². The van der Waals surface area contributed by atoms with Crippen LogP contribution in [-0.2, 0) is 23.5 Å². The molecule has 0 bridgehead atoms. The number of carbonyl (C=O) groups is 3. The summed E-state index contributed by atoms with van der Waals surface area (Å²) in [6, 6.07) is -3.24. The molecule has 9 N–H and O–H groups in total. The number of carboxylic acids is 2. The first-order valence-corrected chi connectivity index (χ1v) is 8.96. The van der Waals surface area contributed by atoms with Crippen LogP contribution in [-0.4, -0.2) is 85.2 Å². The average Bonchev–Trinajstić information content (AvgIpc) is 3.00. The molecule has 1 fully saturated rings. The number of carbonyl (C=O) groups excluding carboxylic acids is 1. The molecule has 0 radical (unpaired) electrons. The number of carboxylic acid groups (broad SMARTS) is 2. The van der Waals surface area contributed by atoms with E-state index >= 15 is 0 Å². The molecule has 0 saturated carbocycles. The van der Waals surface area contributed by atoms with Crippen molar-refractivity contribution in [3.63, 3.8) is 0 Å². The summed E-state index contributed by atoms with van der Waals surface area (Å²) >= 11 is 0. The predicted molar refractivity (Wildman–Crippen MR) is 85.6 cm³/mol. The van der Waals surface area contributed by atoms with Gasteiger partial charge in [0.25, 0.3) is 0 Å². The second kappa shape index (κ2) is 10.5. The van der Waals surface area contributed by atoms with E-state index in [0.717, 1.165) is 0 Å². The first-order valence-electron chi connectivity index (χ1n) is 7.43. The van der Waals surface area contributed by atoms with Gasteiger partial charge in [-0.05, 0) is 19.8 Å². The van der Waals surface area contributed by atoms with Gasteiger partial charge in [0.2, 0.25) is 5.91 Å². The number of phosphoric acid groups is 1. The van der Waals surface area contributed by atoms with Crippen LogP contribution in [0.15, 0.2) is 0 Å². The summed E-state index contributed by atoms with van der Waals surface area (Å²) in [6.45, 7) is 1.10. The second-order valence-electron chi connectivity index (χ2n) is 5.53. The van der Waals surface area contributed by atoms with Crippen LogP contribution >= 0.6 is 7.82 Å². The predicted octanol–water partition coefficient (Wildman–Crippen LogP) is -2.72. The fourth-order valence-electron chi connectivity index (χ4n) is 1.93. The molecule has 0 aromatic carbocycles. The fourth-order valence-corrected chi connectivity index (χ4v) is 2.29. The third-order valence-electron chi connectivity index (χ3n) is 3.37. The Balaban J connectivity index is 0.000000508. The van der Waals surface area contributed by atoms with Crippen LogP contribution in [0.2, 0.25) is 0 Å². The molecule has 0 aliphatic carbocycles. The van der Waals surface area contributed by atoms with Crippen LogP contribution in [0.1, 0.15) is 19.8 Å². The van der Waals surface area contributed by atoms with Gasteiger partial charge in [-0.15, -0.1) is 0 Å². The van der Waals surface area contributed by atoms with Gasteiger partial charge in [0.15, 0.2) is 0 Å². The Kier molecular flexibility index (Phi) is 9.88. The molecule has 0 aromatic heterocycles. The zero-order chi connectivity index (χ0) is 20.7. The zero-order valence-corrected chi connectivity index (χ0v) is 14.9. The van der Waals surface area contributed by atoms with Crippen molar-refractivity contribution >= 4 is 25.7 Å². The standard InChI is InChI=1S/C9H16N2O4.C3H8NO6P/c1-5(12)7(10)8(13)11-4-2-3-6(11)9(14)15;4-2(3(5)6)1-10-11(7,8)9/h5-7,12H,2-4,10H2,1H3,(H,14,15);2H,1,4H2,(H,5,6)(H2,7,8,9)/t5-,6+,7+;2-/m10/s1. The lowest BCUT2D eigenvalue weighted by Crippen LogP contribution is -2.52. The van der Waals surface area contributed by atoms with Gasteiger partial charge in [-0.2, -0.15) is 0 Å². The maximum Gasteiger partial charge on any atom is 0.469 e. The van der Waals surface area contributed by atoms with E-state index in [9.17, 15) is 18.9 Å². The number of amides is 1. The molecule has 1 aliphatic heterocycles. The summed E-state index contributed by atoms with van der Waals surface area (Å²) in [5, 5.41) is 26.1. The van der Waals surface area contributed by atoms with Crippen LogP contribution in [0.5, 0.6) is 0 Å². The lowest BCUT2D eigenvalue weighted by Gasteiger charge is -2.25. The number of nitrogens with two attached hydrogens (primary N) is 2. The highest BCUT2D eigenvalue weighted by Gasteiger charge is 2.37. The molecule has 1 amide bonds. The van der Waals surface area contributed by atoms with E-state index < -0.39 is 56.5 Å². The molecule has 1 saturated heterocycles. The van der Waals surface area contributed by atoms with Crippen molar-refractivity contribution in [2.24, 2.45) is 11.5 Å². The van der Waals surface area contributed by atoms with Gasteiger partial charge in [0.1, 0.15) is 18.1 Å². The largest absolute Gasteiger partial charge is 0.480 e. The first-order chi connectivity index (χ1) is 11.8. The fraction of sp³-hybridized carbons (Fsp3) is 0.750. The molecule has 14 heteroatoms. The summed E-state index contributed by atoms with van der Waals surface area (Å²) in [4.78, 5) is 49.9. The highest BCUT2D eigenvalue weighted by molar-refractivity contribution is 7.46. The zero-order valence-electron chi connectivity index (χ0n) is 14.0. The Hall–Kier alpha value is -1.60. The van der Waals surface area contributed by atoms with Crippen LogP contribution in [0, 0.1) is 0 Å². The minimum Gasteiger partial charge on any atom is -0.480 e. The quantitative estimate of drug-likeness (QED) is 0.215. The molecule has 1 aliphatic rings. The number of aliphatic hydroxyl groups is 1. The highest BCUT2D eigenvalue weighted by atomic mass is 31.2. The van der Waals surface area contributed by atoms with Crippen molar-refractivity contribution in [3.8, 4) is 0 Å². The molecule has 0 aromatic rings. The molecular formula is C12H24N3O10P. The van der Waals surface area contributed by atoms with Gasteiger partial charge in [-0.25, -0.2) is 9.36 Å². The second-order valence-corrected chi connectivity index (χ2v) is 6.76. The minimum atomic E-state index is -4.60. The maximum absolute atomic E-state index is 11.7. The Bertz CT molecular complexity index is 551. The number of nitrogens with zero attached hydrogens (tertiary/aromatic N) is 1. The Morgan fingerprint density at radius 2 is 1.81 bits per heavy atom. The third-order valence-corrected chi connectivity index (χ3v) is 3.85. The SMILES string of the molecule is C[C@@H](O)[C@H](N)C(=O)N1CCC[C@H]1C(=O)O.N[C@@H](COP(=O)(O)O)C(=O)O. The van der Waals surface area contributed by atoms with Crippen molar-refractivity contribution in [2.45, 2.75) is 44.0 Å². The van der Waals surface area contributed by atoms with Gasteiger partial charge in [-0.3, -0.25) is 14.1 Å². The van der Waals surface area contributed by atoms with Gasteiger partial charge < -0.3 is 41.5 Å². The van der Waals surface area contributed by atoms with Crippen molar-refractivity contribution in [2.75, 3.05) is 13.2 Å². The van der Waals surface area contributed by atoms with E-state index in [1.54, 1.807) is 0 Å². The normalized spacial score (nSPS) is 20.5. The number of aliphatic carboxylic acids is 2. The molecule has 1 rings (SSSR count). The molecule has 0 spiro atoms. The molecule has 26 heavy (non-hydrogen) atoms. The summed E-state index contributed by atoms with van der Waals surface area (Å²) in [6.07, 6.45) is 0.149. The molecule has 1 heterocycles. The summed E-state index contributed by atoms with van der Waals surface area (Å²) in [5.41, 5.74) is 10.3. The van der Waals surface area contributed by atoms with E-state index in [2.05, 4.69) is 4.52 Å². The van der Waals surface area contributed by atoms with E-state index in [4.69, 9.17) is 36.6 Å². The maximum atomic E-state index is 11.7. The van der Waals surface area contributed by atoms with Gasteiger partial charge >= 0.3 is 19.8 Å². The Morgan fingerprint density at radius 3 is 2.19 bits per heavy atom. The van der Waals surface area contributed by atoms with Crippen molar-refractivity contribution in [1.82, 2.24) is 4.90 Å². The summed E-state index contributed by atoms with van der Waals surface area (Å²) < 4.78 is 13.8. The average molecular weight is 401 g/mol. The Labute approximate surface area is 148 Å².